The normalized spacial score (nSPS) is 40.7. The second kappa shape index (κ2) is 4.47. The summed E-state index contributed by atoms with van der Waals surface area (Å²) in [5, 5.41) is 3.65. The number of hydrogen-bond acceptors (Lipinski definition) is 2. The third-order valence-electron chi connectivity index (χ3n) is 5.81. The zero-order valence-corrected chi connectivity index (χ0v) is 12.8. The SMILES string of the molecule is CCC1CCC(N2C(=O)C3(CC3)NC2C(C)C)C1C. The number of amides is 1. The van der Waals surface area contributed by atoms with E-state index in [4.69, 9.17) is 0 Å². The number of carbonyl (C=O) groups is 1. The van der Waals surface area contributed by atoms with Gasteiger partial charge in [0.2, 0.25) is 5.91 Å². The minimum absolute atomic E-state index is 0.154. The average molecular weight is 264 g/mol. The van der Waals surface area contributed by atoms with Gasteiger partial charge in [-0.1, -0.05) is 34.1 Å². The Morgan fingerprint density at radius 2 is 2.05 bits per heavy atom. The predicted octanol–water partition coefficient (Wildman–Crippen LogP) is 2.76. The van der Waals surface area contributed by atoms with Gasteiger partial charge in [0.25, 0.3) is 0 Å². The molecular formula is C16H28N2O. The van der Waals surface area contributed by atoms with Crippen molar-refractivity contribution in [3.63, 3.8) is 0 Å². The summed E-state index contributed by atoms with van der Waals surface area (Å²) >= 11 is 0. The van der Waals surface area contributed by atoms with Gasteiger partial charge in [0, 0.05) is 6.04 Å². The molecule has 3 nitrogen and oxygen atoms in total. The Morgan fingerprint density at radius 3 is 2.53 bits per heavy atom. The highest BCUT2D eigenvalue weighted by molar-refractivity contribution is 5.92. The Labute approximate surface area is 117 Å². The minimum Gasteiger partial charge on any atom is -0.322 e. The molecule has 2 saturated carbocycles. The van der Waals surface area contributed by atoms with E-state index < -0.39 is 0 Å². The number of hydrogen-bond donors (Lipinski definition) is 1. The second-order valence-electron chi connectivity index (χ2n) is 7.30. The van der Waals surface area contributed by atoms with Crippen LogP contribution in [0.5, 0.6) is 0 Å². The molecule has 1 heterocycles. The van der Waals surface area contributed by atoms with Gasteiger partial charge in [0.1, 0.15) is 0 Å². The summed E-state index contributed by atoms with van der Waals surface area (Å²) in [6.45, 7) is 9.11. The van der Waals surface area contributed by atoms with E-state index in [1.54, 1.807) is 0 Å². The number of nitrogens with zero attached hydrogens (tertiary/aromatic N) is 1. The van der Waals surface area contributed by atoms with Crippen LogP contribution < -0.4 is 5.32 Å². The molecule has 1 saturated heterocycles. The Balaban J connectivity index is 1.83. The van der Waals surface area contributed by atoms with E-state index in [0.717, 1.165) is 18.8 Å². The van der Waals surface area contributed by atoms with Crippen LogP contribution in [0.3, 0.4) is 0 Å². The molecule has 1 amide bonds. The van der Waals surface area contributed by atoms with Crippen molar-refractivity contribution in [2.24, 2.45) is 17.8 Å². The van der Waals surface area contributed by atoms with Crippen molar-refractivity contribution in [1.82, 2.24) is 10.2 Å². The molecule has 3 aliphatic rings. The molecule has 1 N–H and O–H groups in total. The fraction of sp³-hybridized carbons (Fsp3) is 0.938. The van der Waals surface area contributed by atoms with E-state index in [0.29, 0.717) is 23.8 Å². The van der Waals surface area contributed by atoms with Crippen molar-refractivity contribution in [2.45, 2.75) is 77.5 Å². The molecule has 3 rings (SSSR count). The number of rotatable bonds is 3. The summed E-state index contributed by atoms with van der Waals surface area (Å²) in [4.78, 5) is 15.0. The molecule has 2 aliphatic carbocycles. The minimum atomic E-state index is -0.154. The van der Waals surface area contributed by atoms with E-state index >= 15 is 0 Å². The quantitative estimate of drug-likeness (QED) is 0.850. The first-order valence-electron chi connectivity index (χ1n) is 8.10. The fourth-order valence-corrected chi connectivity index (χ4v) is 4.31. The summed E-state index contributed by atoms with van der Waals surface area (Å²) < 4.78 is 0. The molecule has 108 valence electrons. The first-order valence-corrected chi connectivity index (χ1v) is 8.10. The van der Waals surface area contributed by atoms with Crippen LogP contribution in [-0.4, -0.2) is 28.6 Å². The maximum Gasteiger partial charge on any atom is 0.244 e. The largest absolute Gasteiger partial charge is 0.322 e. The van der Waals surface area contributed by atoms with Crippen LogP contribution in [0.15, 0.2) is 0 Å². The van der Waals surface area contributed by atoms with Crippen molar-refractivity contribution >= 4 is 5.91 Å². The fourth-order valence-electron chi connectivity index (χ4n) is 4.31. The second-order valence-corrected chi connectivity index (χ2v) is 7.30. The number of nitrogens with one attached hydrogen (secondary N) is 1. The highest BCUT2D eigenvalue weighted by Gasteiger charge is 2.61. The smallest absolute Gasteiger partial charge is 0.244 e. The van der Waals surface area contributed by atoms with Gasteiger partial charge in [-0.2, -0.15) is 0 Å². The van der Waals surface area contributed by atoms with Crippen LogP contribution >= 0.6 is 0 Å². The van der Waals surface area contributed by atoms with Gasteiger partial charge in [-0.05, 0) is 43.4 Å². The molecule has 0 bridgehead atoms. The molecule has 19 heavy (non-hydrogen) atoms. The summed E-state index contributed by atoms with van der Waals surface area (Å²) in [6, 6.07) is 0.470. The summed E-state index contributed by atoms with van der Waals surface area (Å²) in [5.74, 6) is 2.36. The molecule has 4 atom stereocenters. The molecule has 0 radical (unpaired) electrons. The first-order chi connectivity index (χ1) is 9.00. The Hall–Kier alpha value is -0.570. The van der Waals surface area contributed by atoms with Crippen LogP contribution in [0.25, 0.3) is 0 Å². The Morgan fingerprint density at radius 1 is 1.37 bits per heavy atom. The maximum atomic E-state index is 12.8. The topological polar surface area (TPSA) is 32.3 Å². The molecule has 3 heteroatoms. The third-order valence-corrected chi connectivity index (χ3v) is 5.81. The van der Waals surface area contributed by atoms with Gasteiger partial charge < -0.3 is 4.90 Å². The number of carbonyl (C=O) groups excluding carboxylic acids is 1. The highest BCUT2D eigenvalue weighted by Crippen LogP contribution is 2.47. The van der Waals surface area contributed by atoms with E-state index in [1.165, 1.54) is 19.3 Å². The lowest BCUT2D eigenvalue weighted by atomic mass is 9.92. The lowest BCUT2D eigenvalue weighted by Gasteiger charge is -2.35. The van der Waals surface area contributed by atoms with Crippen LogP contribution in [0, 0.1) is 17.8 Å². The summed E-state index contributed by atoms with van der Waals surface area (Å²) in [7, 11) is 0. The molecular weight excluding hydrogens is 236 g/mol. The van der Waals surface area contributed by atoms with Crippen molar-refractivity contribution < 1.29 is 4.79 Å². The van der Waals surface area contributed by atoms with Gasteiger partial charge in [-0.3, -0.25) is 10.1 Å². The van der Waals surface area contributed by atoms with Crippen LogP contribution in [-0.2, 0) is 4.79 Å². The van der Waals surface area contributed by atoms with Gasteiger partial charge in [-0.15, -0.1) is 0 Å². The van der Waals surface area contributed by atoms with Crippen molar-refractivity contribution in [3.8, 4) is 0 Å². The first kappa shape index (κ1) is 13.4. The van der Waals surface area contributed by atoms with Crippen LogP contribution in [0.2, 0.25) is 0 Å². The van der Waals surface area contributed by atoms with Gasteiger partial charge in [0.15, 0.2) is 0 Å². The van der Waals surface area contributed by atoms with E-state index in [1.807, 2.05) is 0 Å². The lowest BCUT2D eigenvalue weighted by molar-refractivity contribution is -0.134. The zero-order valence-electron chi connectivity index (χ0n) is 12.8. The monoisotopic (exact) mass is 264 g/mol. The van der Waals surface area contributed by atoms with Gasteiger partial charge >= 0.3 is 0 Å². The molecule has 0 aromatic carbocycles. The van der Waals surface area contributed by atoms with Crippen LogP contribution in [0.4, 0.5) is 0 Å². The molecule has 0 aromatic heterocycles. The lowest BCUT2D eigenvalue weighted by Crippen LogP contribution is -2.48. The van der Waals surface area contributed by atoms with E-state index in [-0.39, 0.29) is 11.7 Å². The highest BCUT2D eigenvalue weighted by atomic mass is 16.2. The van der Waals surface area contributed by atoms with Crippen LogP contribution in [0.1, 0.15) is 59.8 Å². The maximum absolute atomic E-state index is 12.8. The average Bonchev–Trinajstić information content (AvgIpc) is 2.99. The standard InChI is InChI=1S/C16H28N2O/c1-5-12-6-7-13(11(12)4)18-14(10(2)3)17-16(8-9-16)15(18)19/h10-14,17H,5-9H2,1-4H3. The summed E-state index contributed by atoms with van der Waals surface area (Å²) in [5.41, 5.74) is -0.154. The molecule has 3 fully saturated rings. The Bertz CT molecular complexity index is 375. The molecule has 1 spiro atoms. The zero-order chi connectivity index (χ0) is 13.8. The van der Waals surface area contributed by atoms with Gasteiger partial charge in [0.05, 0.1) is 11.7 Å². The summed E-state index contributed by atoms with van der Waals surface area (Å²) in [6.07, 6.45) is 6.10. The molecule has 0 aromatic rings. The predicted molar refractivity (Wildman–Crippen MR) is 76.5 cm³/mol. The van der Waals surface area contributed by atoms with Crippen molar-refractivity contribution in [3.05, 3.63) is 0 Å². The van der Waals surface area contributed by atoms with E-state index in [9.17, 15) is 4.79 Å². The van der Waals surface area contributed by atoms with Crippen molar-refractivity contribution in [2.75, 3.05) is 0 Å². The molecule has 1 aliphatic heterocycles. The van der Waals surface area contributed by atoms with Crippen molar-refractivity contribution in [1.29, 1.82) is 0 Å². The third kappa shape index (κ3) is 1.93. The molecule has 4 unspecified atom stereocenters. The Kier molecular flexibility index (Phi) is 3.16. The van der Waals surface area contributed by atoms with Gasteiger partial charge in [-0.25, -0.2) is 0 Å². The van der Waals surface area contributed by atoms with E-state index in [2.05, 4.69) is 37.9 Å².